The molecule has 7 heteroatoms. The zero-order valence-corrected chi connectivity index (χ0v) is 13.8. The van der Waals surface area contributed by atoms with Gasteiger partial charge in [0, 0.05) is 43.3 Å². The van der Waals surface area contributed by atoms with E-state index >= 15 is 0 Å². The Kier molecular flexibility index (Phi) is 3.86. The minimum atomic E-state index is -0.647. The SMILES string of the molecule is Cc1ncn2c1C[C@@H](C(=O)N1N=CC[C@H]1c1cc(F)cc(F)c1)CC2. The van der Waals surface area contributed by atoms with Gasteiger partial charge in [-0.2, -0.15) is 5.10 Å². The number of hydrogen-bond donors (Lipinski definition) is 0. The van der Waals surface area contributed by atoms with E-state index in [1.165, 1.54) is 17.1 Å². The highest BCUT2D eigenvalue weighted by molar-refractivity contribution is 5.82. The fourth-order valence-electron chi connectivity index (χ4n) is 3.66. The van der Waals surface area contributed by atoms with Crippen molar-refractivity contribution in [3.63, 3.8) is 0 Å². The van der Waals surface area contributed by atoms with E-state index in [9.17, 15) is 13.6 Å². The lowest BCUT2D eigenvalue weighted by atomic mass is 9.93. The van der Waals surface area contributed by atoms with Gasteiger partial charge in [0.2, 0.25) is 5.91 Å². The molecule has 0 radical (unpaired) electrons. The normalized spacial score (nSPS) is 22.3. The van der Waals surface area contributed by atoms with E-state index in [-0.39, 0.29) is 11.8 Å². The number of hydrazone groups is 1. The third kappa shape index (κ3) is 2.83. The number of aryl methyl sites for hydroxylation is 2. The van der Waals surface area contributed by atoms with Crippen LogP contribution in [0, 0.1) is 24.5 Å². The van der Waals surface area contributed by atoms with Gasteiger partial charge < -0.3 is 4.57 Å². The number of halogens is 2. The number of benzene rings is 1. The summed E-state index contributed by atoms with van der Waals surface area (Å²) in [6.45, 7) is 2.68. The Balaban J connectivity index is 1.57. The van der Waals surface area contributed by atoms with E-state index in [0.717, 1.165) is 24.0 Å². The van der Waals surface area contributed by atoms with Crippen molar-refractivity contribution in [1.82, 2.24) is 14.6 Å². The second-order valence-electron chi connectivity index (χ2n) is 6.59. The first-order valence-electron chi connectivity index (χ1n) is 8.35. The van der Waals surface area contributed by atoms with Crippen LogP contribution in [0.25, 0.3) is 0 Å². The maximum Gasteiger partial charge on any atom is 0.246 e. The Bertz CT molecular complexity index is 841. The molecule has 0 saturated heterocycles. The monoisotopic (exact) mass is 344 g/mol. The Hall–Kier alpha value is -2.57. The molecule has 3 heterocycles. The zero-order chi connectivity index (χ0) is 17.6. The topological polar surface area (TPSA) is 50.5 Å². The van der Waals surface area contributed by atoms with Gasteiger partial charge >= 0.3 is 0 Å². The van der Waals surface area contributed by atoms with Crippen LogP contribution in [0.5, 0.6) is 0 Å². The molecule has 25 heavy (non-hydrogen) atoms. The Morgan fingerprint density at radius 3 is 2.76 bits per heavy atom. The lowest BCUT2D eigenvalue weighted by Gasteiger charge is -2.29. The number of aromatic nitrogens is 2. The molecule has 1 aromatic carbocycles. The van der Waals surface area contributed by atoms with Crippen molar-refractivity contribution in [1.29, 1.82) is 0 Å². The van der Waals surface area contributed by atoms with E-state index in [0.29, 0.717) is 24.8 Å². The Labute approximate surface area is 144 Å². The molecular weight excluding hydrogens is 326 g/mol. The summed E-state index contributed by atoms with van der Waals surface area (Å²) >= 11 is 0. The summed E-state index contributed by atoms with van der Waals surface area (Å²) in [5, 5.41) is 5.57. The van der Waals surface area contributed by atoms with Gasteiger partial charge in [-0.05, 0) is 31.0 Å². The van der Waals surface area contributed by atoms with Crippen molar-refractivity contribution in [2.45, 2.75) is 38.8 Å². The third-order valence-corrected chi connectivity index (χ3v) is 4.99. The van der Waals surface area contributed by atoms with Gasteiger partial charge in [0.25, 0.3) is 0 Å². The standard InChI is InChI=1S/C18H18F2N4O/c1-11-17-8-12(3-5-23(17)10-21-11)18(25)24-16(2-4-22-24)13-6-14(19)9-15(20)7-13/h4,6-7,9-10,12,16H,2-3,5,8H2,1H3/t12-,16-/m0/s1. The van der Waals surface area contributed by atoms with Crippen molar-refractivity contribution in [3.8, 4) is 0 Å². The molecule has 2 atom stereocenters. The Morgan fingerprint density at radius 2 is 2.00 bits per heavy atom. The number of carbonyl (C=O) groups excluding carboxylic acids is 1. The summed E-state index contributed by atoms with van der Waals surface area (Å²) in [6.07, 6.45) is 5.21. The molecule has 5 nitrogen and oxygen atoms in total. The fraction of sp³-hybridized carbons (Fsp3) is 0.389. The van der Waals surface area contributed by atoms with Crippen LogP contribution in [0.1, 0.15) is 35.8 Å². The fourth-order valence-corrected chi connectivity index (χ4v) is 3.66. The van der Waals surface area contributed by atoms with Gasteiger partial charge in [-0.15, -0.1) is 0 Å². The highest BCUT2D eigenvalue weighted by Crippen LogP contribution is 2.33. The predicted molar refractivity (Wildman–Crippen MR) is 87.8 cm³/mol. The van der Waals surface area contributed by atoms with Crippen LogP contribution in [-0.4, -0.2) is 26.7 Å². The number of hydrogen-bond acceptors (Lipinski definition) is 3. The van der Waals surface area contributed by atoms with Gasteiger partial charge in [0.05, 0.1) is 18.1 Å². The average molecular weight is 344 g/mol. The summed E-state index contributed by atoms with van der Waals surface area (Å²) in [7, 11) is 0. The van der Waals surface area contributed by atoms with Crippen LogP contribution < -0.4 is 0 Å². The van der Waals surface area contributed by atoms with E-state index in [1.807, 2.05) is 6.92 Å². The van der Waals surface area contributed by atoms with Crippen LogP contribution >= 0.6 is 0 Å². The summed E-state index contributed by atoms with van der Waals surface area (Å²) in [5.41, 5.74) is 2.44. The van der Waals surface area contributed by atoms with E-state index in [1.54, 1.807) is 12.5 Å². The number of imidazole rings is 1. The lowest BCUT2D eigenvalue weighted by molar-refractivity contribution is -0.138. The average Bonchev–Trinajstić information content (AvgIpc) is 3.20. The summed E-state index contributed by atoms with van der Waals surface area (Å²) in [4.78, 5) is 17.3. The number of fused-ring (bicyclic) bond motifs is 1. The summed E-state index contributed by atoms with van der Waals surface area (Å²) in [5.74, 6) is -1.59. The quantitative estimate of drug-likeness (QED) is 0.841. The number of carbonyl (C=O) groups is 1. The van der Waals surface area contributed by atoms with Crippen molar-refractivity contribution >= 4 is 12.1 Å². The molecule has 0 fully saturated rings. The molecule has 130 valence electrons. The molecule has 0 aliphatic carbocycles. The van der Waals surface area contributed by atoms with E-state index in [4.69, 9.17) is 0 Å². The van der Waals surface area contributed by atoms with Crippen LogP contribution in [0.15, 0.2) is 29.6 Å². The number of rotatable bonds is 2. The Morgan fingerprint density at radius 1 is 1.24 bits per heavy atom. The smallest absolute Gasteiger partial charge is 0.246 e. The maximum absolute atomic E-state index is 13.5. The minimum Gasteiger partial charge on any atom is -0.334 e. The largest absolute Gasteiger partial charge is 0.334 e. The first kappa shape index (κ1) is 15.9. The van der Waals surface area contributed by atoms with Crippen molar-refractivity contribution < 1.29 is 13.6 Å². The van der Waals surface area contributed by atoms with Gasteiger partial charge in [-0.1, -0.05) is 0 Å². The highest BCUT2D eigenvalue weighted by Gasteiger charge is 2.35. The second kappa shape index (κ2) is 6.06. The molecule has 0 bridgehead atoms. The lowest BCUT2D eigenvalue weighted by Crippen LogP contribution is -2.36. The van der Waals surface area contributed by atoms with Gasteiger partial charge in [0.1, 0.15) is 11.6 Å². The van der Waals surface area contributed by atoms with Crippen LogP contribution in [0.4, 0.5) is 8.78 Å². The first-order chi connectivity index (χ1) is 12.0. The highest BCUT2D eigenvalue weighted by atomic mass is 19.1. The molecule has 4 rings (SSSR count). The second-order valence-corrected chi connectivity index (χ2v) is 6.59. The molecule has 2 aliphatic rings. The summed E-state index contributed by atoms with van der Waals surface area (Å²) in [6, 6.07) is 2.91. The van der Waals surface area contributed by atoms with Crippen LogP contribution in [0.2, 0.25) is 0 Å². The van der Waals surface area contributed by atoms with Crippen molar-refractivity contribution in [2.75, 3.05) is 0 Å². The first-order valence-corrected chi connectivity index (χ1v) is 8.35. The molecule has 0 saturated carbocycles. The van der Waals surface area contributed by atoms with E-state index < -0.39 is 17.7 Å². The minimum absolute atomic E-state index is 0.102. The van der Waals surface area contributed by atoms with Crippen molar-refractivity contribution in [3.05, 3.63) is 53.1 Å². The van der Waals surface area contributed by atoms with Crippen LogP contribution in [0.3, 0.4) is 0 Å². The molecule has 2 aromatic rings. The molecular formula is C18H18F2N4O. The van der Waals surface area contributed by atoms with Gasteiger partial charge in [-0.25, -0.2) is 18.8 Å². The molecule has 1 amide bonds. The zero-order valence-electron chi connectivity index (χ0n) is 13.8. The number of amides is 1. The molecule has 0 N–H and O–H groups in total. The van der Waals surface area contributed by atoms with Gasteiger partial charge in [-0.3, -0.25) is 4.79 Å². The van der Waals surface area contributed by atoms with Crippen LogP contribution in [-0.2, 0) is 17.8 Å². The van der Waals surface area contributed by atoms with Gasteiger partial charge in [0.15, 0.2) is 0 Å². The molecule has 1 aromatic heterocycles. The maximum atomic E-state index is 13.5. The molecule has 0 unspecified atom stereocenters. The third-order valence-electron chi connectivity index (χ3n) is 4.99. The molecule has 0 spiro atoms. The number of nitrogens with zero attached hydrogens (tertiary/aromatic N) is 4. The predicted octanol–water partition coefficient (Wildman–Crippen LogP) is 2.99. The molecule has 2 aliphatic heterocycles. The van der Waals surface area contributed by atoms with Crippen molar-refractivity contribution in [2.24, 2.45) is 11.0 Å². The summed E-state index contributed by atoms with van der Waals surface area (Å²) < 4.78 is 29.2. The van der Waals surface area contributed by atoms with E-state index in [2.05, 4.69) is 14.7 Å².